The summed E-state index contributed by atoms with van der Waals surface area (Å²) in [5.41, 5.74) is -1.24. The quantitative estimate of drug-likeness (QED) is 0.436. The van der Waals surface area contributed by atoms with Crippen molar-refractivity contribution in [2.75, 3.05) is 13.1 Å². The highest BCUT2D eigenvalue weighted by atomic mass is 32.1. The number of carboxylic acid groups (broad SMARTS) is 1. The Morgan fingerprint density at radius 1 is 1.34 bits per heavy atom. The van der Waals surface area contributed by atoms with Crippen LogP contribution in [0.4, 0.5) is 13.2 Å². The van der Waals surface area contributed by atoms with E-state index in [1.54, 1.807) is 18.3 Å². The number of thiazole rings is 1. The fourth-order valence-corrected chi connectivity index (χ4v) is 6.09. The molecule has 9 heteroatoms. The molecule has 192 valence electrons. The Hall–Kier alpha value is -2.13. The Bertz CT molecular complexity index is 1080. The number of ether oxygens (including phenoxy) is 1. The molecule has 1 aromatic carbocycles. The van der Waals surface area contributed by atoms with E-state index in [-0.39, 0.29) is 30.0 Å². The number of piperidine rings is 1. The molecule has 1 aromatic heterocycles. The number of hydrogen-bond donors (Lipinski definition) is 1. The molecule has 2 atom stereocenters. The first kappa shape index (κ1) is 25.9. The fourth-order valence-electron chi connectivity index (χ4n) is 5.12. The van der Waals surface area contributed by atoms with Crippen molar-refractivity contribution >= 4 is 17.3 Å². The van der Waals surface area contributed by atoms with Crippen LogP contribution in [0, 0.1) is 23.7 Å². The molecule has 1 aliphatic carbocycles. The zero-order valence-electron chi connectivity index (χ0n) is 20.6. The van der Waals surface area contributed by atoms with Crippen LogP contribution in [0.2, 0.25) is 0 Å². The number of aliphatic carboxylic acids is 1. The predicted molar refractivity (Wildman–Crippen MR) is 130 cm³/mol. The Morgan fingerprint density at radius 2 is 2.06 bits per heavy atom. The predicted octanol–water partition coefficient (Wildman–Crippen LogP) is 6.55. The maximum atomic E-state index is 14.9. The third kappa shape index (κ3) is 6.00. The van der Waals surface area contributed by atoms with Crippen molar-refractivity contribution in [3.8, 4) is 16.3 Å². The number of carboxylic acids is 1. The van der Waals surface area contributed by atoms with Gasteiger partial charge in [0, 0.05) is 30.7 Å². The minimum absolute atomic E-state index is 0.0456. The van der Waals surface area contributed by atoms with Crippen molar-refractivity contribution in [3.63, 3.8) is 0 Å². The molecule has 0 amide bonds. The van der Waals surface area contributed by atoms with E-state index in [1.165, 1.54) is 17.4 Å². The van der Waals surface area contributed by atoms with Crippen LogP contribution >= 0.6 is 11.3 Å². The minimum atomic E-state index is -2.94. The van der Waals surface area contributed by atoms with E-state index in [0.29, 0.717) is 42.9 Å². The lowest BCUT2D eigenvalue weighted by molar-refractivity contribution is -0.158. The largest absolute Gasteiger partial charge is 0.481 e. The van der Waals surface area contributed by atoms with Crippen LogP contribution in [0.1, 0.15) is 56.9 Å². The number of carbonyl (C=O) groups is 1. The van der Waals surface area contributed by atoms with Gasteiger partial charge < -0.3 is 9.84 Å². The first-order chi connectivity index (χ1) is 16.3. The molecule has 2 aromatic rings. The molecule has 0 bridgehead atoms. The molecule has 1 saturated heterocycles. The average molecular weight is 511 g/mol. The minimum Gasteiger partial charge on any atom is -0.481 e. The normalized spacial score (nSPS) is 24.5. The smallest absolute Gasteiger partial charge is 0.387 e. The van der Waals surface area contributed by atoms with Gasteiger partial charge in [0.25, 0.3) is 0 Å². The summed E-state index contributed by atoms with van der Waals surface area (Å²) < 4.78 is 45.4. The van der Waals surface area contributed by atoms with Gasteiger partial charge in [0.15, 0.2) is 0 Å². The number of alkyl halides is 3. The highest BCUT2D eigenvalue weighted by molar-refractivity contribution is 7.15. The van der Waals surface area contributed by atoms with Crippen LogP contribution in [0.5, 0.6) is 5.75 Å². The summed E-state index contributed by atoms with van der Waals surface area (Å²) in [5, 5.41) is 10.8. The topological polar surface area (TPSA) is 62.7 Å². The standard InChI is InChI=1S/C26H33F3N2O3S/c1-16-5-6-20(34-23(27)28)19(9-16)21-30-11-18(35-21)13-31-12-17(24(2,3)4)10-25(15-31,22(32)33)14-26(29)7-8-26/h5-6,9,11,17,23H,7-8,10,12-15H2,1-4H3,(H,32,33)/t17?,25-/m0/s1. The van der Waals surface area contributed by atoms with Crippen LogP contribution in [0.3, 0.4) is 0 Å². The van der Waals surface area contributed by atoms with Gasteiger partial charge in [-0.05, 0) is 56.1 Å². The second kappa shape index (κ2) is 9.39. The number of likely N-dealkylation sites (tertiary alicyclic amines) is 1. The molecule has 2 heterocycles. The summed E-state index contributed by atoms with van der Waals surface area (Å²) in [6.45, 7) is 6.68. The lowest BCUT2D eigenvalue weighted by atomic mass is 9.65. The van der Waals surface area contributed by atoms with Crippen molar-refractivity contribution in [1.29, 1.82) is 0 Å². The first-order valence-electron chi connectivity index (χ1n) is 11.9. The molecule has 1 aliphatic heterocycles. The van der Waals surface area contributed by atoms with E-state index in [9.17, 15) is 23.1 Å². The number of benzene rings is 1. The molecule has 1 saturated carbocycles. The van der Waals surface area contributed by atoms with Crippen molar-refractivity contribution in [1.82, 2.24) is 9.88 Å². The van der Waals surface area contributed by atoms with Crippen LogP contribution in [0.15, 0.2) is 24.4 Å². The van der Waals surface area contributed by atoms with E-state index in [1.807, 2.05) is 6.92 Å². The average Bonchev–Trinajstić information content (AvgIpc) is 3.27. The number of nitrogens with zero attached hydrogens (tertiary/aromatic N) is 2. The van der Waals surface area contributed by atoms with Gasteiger partial charge in [0.1, 0.15) is 16.4 Å². The third-order valence-electron chi connectivity index (χ3n) is 7.28. The number of rotatable bonds is 8. The zero-order chi connectivity index (χ0) is 25.6. The van der Waals surface area contributed by atoms with Crippen molar-refractivity contribution in [2.45, 2.75) is 72.2 Å². The van der Waals surface area contributed by atoms with Gasteiger partial charge in [0.05, 0.1) is 11.0 Å². The Morgan fingerprint density at radius 3 is 2.66 bits per heavy atom. The van der Waals surface area contributed by atoms with Gasteiger partial charge in [-0.2, -0.15) is 8.78 Å². The van der Waals surface area contributed by atoms with Gasteiger partial charge in [-0.1, -0.05) is 32.4 Å². The molecular formula is C26H33F3N2O3S. The summed E-state index contributed by atoms with van der Waals surface area (Å²) in [7, 11) is 0. The zero-order valence-corrected chi connectivity index (χ0v) is 21.4. The van der Waals surface area contributed by atoms with Gasteiger partial charge in [0.2, 0.25) is 0 Å². The van der Waals surface area contributed by atoms with E-state index >= 15 is 0 Å². The Balaban J connectivity index is 1.59. The van der Waals surface area contributed by atoms with Crippen LogP contribution in [-0.4, -0.2) is 46.3 Å². The molecule has 5 nitrogen and oxygen atoms in total. The van der Waals surface area contributed by atoms with Crippen LogP contribution in [-0.2, 0) is 11.3 Å². The van der Waals surface area contributed by atoms with Gasteiger partial charge >= 0.3 is 12.6 Å². The number of aryl methyl sites for hydroxylation is 1. The summed E-state index contributed by atoms with van der Waals surface area (Å²) >= 11 is 1.37. The molecule has 0 radical (unpaired) electrons. The molecule has 0 spiro atoms. The summed E-state index contributed by atoms with van der Waals surface area (Å²) in [5.74, 6) is -0.774. The van der Waals surface area contributed by atoms with Crippen molar-refractivity contribution in [2.24, 2.45) is 16.7 Å². The van der Waals surface area contributed by atoms with Crippen LogP contribution < -0.4 is 4.74 Å². The molecule has 1 unspecified atom stereocenters. The molecule has 35 heavy (non-hydrogen) atoms. The molecule has 2 aliphatic rings. The summed E-state index contributed by atoms with van der Waals surface area (Å²) in [6.07, 6.45) is 3.07. The monoisotopic (exact) mass is 510 g/mol. The molecule has 1 N–H and O–H groups in total. The number of halogens is 3. The maximum absolute atomic E-state index is 14.9. The molecular weight excluding hydrogens is 477 g/mol. The van der Waals surface area contributed by atoms with E-state index in [4.69, 9.17) is 4.74 Å². The van der Waals surface area contributed by atoms with Gasteiger partial charge in [-0.3, -0.25) is 9.69 Å². The molecule has 4 rings (SSSR count). The van der Waals surface area contributed by atoms with Gasteiger partial charge in [-0.25, -0.2) is 9.37 Å². The Labute approximate surface area is 208 Å². The SMILES string of the molecule is Cc1ccc(OC(F)F)c(-c2ncc(CN3CC(C(C)(C)C)C[C@@](CC4(F)CC4)(C(=O)O)C3)s2)c1. The Kier molecular flexibility index (Phi) is 6.96. The molecule has 2 fully saturated rings. The fraction of sp³-hybridized carbons (Fsp3) is 0.615. The highest BCUT2D eigenvalue weighted by Gasteiger charge is 2.56. The highest BCUT2D eigenvalue weighted by Crippen LogP contribution is 2.53. The second-order valence-corrected chi connectivity index (χ2v) is 12.5. The maximum Gasteiger partial charge on any atom is 0.387 e. The van der Waals surface area contributed by atoms with Crippen molar-refractivity contribution in [3.05, 3.63) is 34.8 Å². The van der Waals surface area contributed by atoms with E-state index < -0.39 is 23.7 Å². The lowest BCUT2D eigenvalue weighted by Crippen LogP contribution is -2.54. The summed E-state index contributed by atoms with van der Waals surface area (Å²) in [6, 6.07) is 4.99. The van der Waals surface area contributed by atoms with E-state index in [2.05, 4.69) is 30.7 Å². The van der Waals surface area contributed by atoms with Crippen LogP contribution in [0.25, 0.3) is 10.6 Å². The number of hydrogen-bond acceptors (Lipinski definition) is 5. The van der Waals surface area contributed by atoms with Crippen molar-refractivity contribution < 1.29 is 27.8 Å². The van der Waals surface area contributed by atoms with E-state index in [0.717, 1.165) is 10.4 Å². The lowest BCUT2D eigenvalue weighted by Gasteiger charge is -2.48. The van der Waals surface area contributed by atoms with Gasteiger partial charge in [-0.15, -0.1) is 11.3 Å². The third-order valence-corrected chi connectivity index (χ3v) is 8.30. The second-order valence-electron chi connectivity index (χ2n) is 11.4. The summed E-state index contributed by atoms with van der Waals surface area (Å²) in [4.78, 5) is 20.0. The first-order valence-corrected chi connectivity index (χ1v) is 12.8. The number of aromatic nitrogens is 1.